The summed E-state index contributed by atoms with van der Waals surface area (Å²) in [7, 11) is 0. The highest BCUT2D eigenvalue weighted by atomic mass is 16.3. The van der Waals surface area contributed by atoms with E-state index in [9.17, 15) is 0 Å². The average molecular weight is 1470 g/mol. The van der Waals surface area contributed by atoms with Crippen LogP contribution in [0.25, 0.3) is 199 Å². The van der Waals surface area contributed by atoms with Crippen molar-refractivity contribution in [2.75, 3.05) is 0 Å². The van der Waals surface area contributed by atoms with Crippen LogP contribution in [0.15, 0.2) is 391 Å². The van der Waals surface area contributed by atoms with Gasteiger partial charge in [-0.05, 0) is 150 Å². The van der Waals surface area contributed by atoms with E-state index in [1.165, 1.54) is 121 Å². The van der Waals surface area contributed by atoms with Gasteiger partial charge in [0.25, 0.3) is 0 Å². The summed E-state index contributed by atoms with van der Waals surface area (Å²) in [5.74, 6) is 1.52. The van der Waals surface area contributed by atoms with Crippen molar-refractivity contribution in [3.63, 3.8) is 0 Å². The van der Waals surface area contributed by atoms with Crippen LogP contribution in [-0.2, 0) is 10.8 Å². The van der Waals surface area contributed by atoms with Crippen LogP contribution in [0.2, 0.25) is 0 Å². The van der Waals surface area contributed by atoms with Crippen LogP contribution in [-0.4, -0.2) is 24.1 Å². The van der Waals surface area contributed by atoms with E-state index in [1.807, 2.05) is 18.2 Å². The average Bonchev–Trinajstić information content (AvgIpc) is 1.50. The van der Waals surface area contributed by atoms with Gasteiger partial charge in [-0.1, -0.05) is 309 Å². The summed E-state index contributed by atoms with van der Waals surface area (Å²) in [5, 5.41) is 13.0. The smallest absolute Gasteiger partial charge is 0.162 e. The monoisotopic (exact) mass is 1470 g/mol. The molecule has 6 aromatic heterocycles. The van der Waals surface area contributed by atoms with Crippen molar-refractivity contribution in [2.24, 2.45) is 0 Å². The fourth-order valence-electron chi connectivity index (χ4n) is 21.1. The largest absolute Gasteiger partial charge is 0.456 e. The summed E-state index contributed by atoms with van der Waals surface area (Å²) in [6.45, 7) is 0. The molecule has 2 spiro atoms. The fourth-order valence-corrected chi connectivity index (χ4v) is 21.1. The van der Waals surface area contributed by atoms with Gasteiger partial charge in [0.15, 0.2) is 5.82 Å². The molecule has 0 saturated heterocycles. The van der Waals surface area contributed by atoms with Gasteiger partial charge in [-0.15, -0.1) is 0 Å². The highest BCUT2D eigenvalue weighted by Crippen LogP contribution is 2.68. The van der Waals surface area contributed by atoms with Crippen molar-refractivity contribution in [1.82, 2.24) is 24.1 Å². The van der Waals surface area contributed by atoms with Crippen molar-refractivity contribution in [3.05, 3.63) is 427 Å². The number of aromatic nitrogens is 5. The van der Waals surface area contributed by atoms with Gasteiger partial charge in [0.05, 0.1) is 49.8 Å². The molecule has 0 aliphatic heterocycles. The summed E-state index contributed by atoms with van der Waals surface area (Å²) >= 11 is 0. The zero-order valence-electron chi connectivity index (χ0n) is 62.4. The molecular weight excluding hydrogens is 1410 g/mol. The zero-order valence-corrected chi connectivity index (χ0v) is 62.4. The molecule has 23 aromatic rings. The van der Waals surface area contributed by atoms with Crippen molar-refractivity contribution in [3.8, 4) is 89.9 Å². The Bertz CT molecular complexity index is 8190. The van der Waals surface area contributed by atoms with E-state index in [1.54, 1.807) is 0 Å². The van der Waals surface area contributed by atoms with Crippen LogP contribution in [0.3, 0.4) is 0 Å². The first-order chi connectivity index (χ1) is 57.5. The molecule has 7 heteroatoms. The van der Waals surface area contributed by atoms with Crippen molar-refractivity contribution < 1.29 is 8.83 Å². The van der Waals surface area contributed by atoms with E-state index in [2.05, 4.69) is 373 Å². The summed E-state index contributed by atoms with van der Waals surface area (Å²) in [5.41, 5.74) is 34.3. The predicted octanol–water partition coefficient (Wildman–Crippen LogP) is 27.5. The van der Waals surface area contributed by atoms with Crippen LogP contribution >= 0.6 is 0 Å². The number of pyridine rings is 1. The Hall–Kier alpha value is -15.3. The van der Waals surface area contributed by atoms with E-state index in [4.69, 9.17) is 23.8 Å². The number of hydrogen-bond donors (Lipinski definition) is 0. The molecule has 4 aliphatic carbocycles. The molecule has 7 nitrogen and oxygen atoms in total. The number of para-hydroxylation sites is 5. The lowest BCUT2D eigenvalue weighted by Gasteiger charge is -2.30. The van der Waals surface area contributed by atoms with Gasteiger partial charge >= 0.3 is 0 Å². The van der Waals surface area contributed by atoms with Gasteiger partial charge in [-0.2, -0.15) is 0 Å². The number of rotatable bonds is 5. The molecule has 2 unspecified atom stereocenters. The van der Waals surface area contributed by atoms with Gasteiger partial charge in [0.2, 0.25) is 0 Å². The minimum atomic E-state index is -0.595. The molecule has 0 fully saturated rings. The van der Waals surface area contributed by atoms with Gasteiger partial charge in [-0.25, -0.2) is 15.0 Å². The maximum atomic E-state index is 6.80. The third kappa shape index (κ3) is 8.46. The summed E-state index contributed by atoms with van der Waals surface area (Å²) in [6.07, 6.45) is 0. The zero-order chi connectivity index (χ0) is 75.6. The summed E-state index contributed by atoms with van der Waals surface area (Å²) < 4.78 is 18.3. The van der Waals surface area contributed by atoms with Crippen LogP contribution in [0, 0.1) is 0 Å². The first-order valence-corrected chi connectivity index (χ1v) is 39.9. The predicted molar refractivity (Wildman–Crippen MR) is 473 cm³/mol. The Balaban J connectivity index is 0.000000133. The summed E-state index contributed by atoms with van der Waals surface area (Å²) in [4.78, 5) is 15.8. The molecular formula is C109H63N5O2. The van der Waals surface area contributed by atoms with E-state index in [0.29, 0.717) is 5.82 Å². The number of furan rings is 2. The molecule has 17 aromatic carbocycles. The van der Waals surface area contributed by atoms with Gasteiger partial charge < -0.3 is 13.4 Å². The number of nitrogens with zero attached hydrogens (tertiary/aromatic N) is 5. The molecule has 0 bridgehead atoms. The Morgan fingerprint density at radius 1 is 0.241 bits per heavy atom. The van der Waals surface area contributed by atoms with E-state index in [-0.39, 0.29) is 0 Å². The molecule has 4 aliphatic rings. The normalized spacial score (nSPS) is 15.1. The van der Waals surface area contributed by atoms with Crippen LogP contribution in [0.4, 0.5) is 0 Å². The molecule has 0 radical (unpaired) electrons. The maximum Gasteiger partial charge on any atom is 0.162 e. The standard InChI is InChI=1S/C63H38N4.C46H25NO2/c1-3-18-40(19-4-1)54-38-57(65-62(64-54)41-20-5-2-6-21-41)67-56-30-16-12-24-45(56)47-34-36-53-59(61(47)67)49-26-10-14-28-51(49)63(53)50-27-13-9-25-48(50)58-52(63)35-33-46-44-23-11-15-29-55(44)66(60(46)58)43-32-31-39-17-7-8-22-42(39)37-43;1-6-14-39-26(9-1)18-22-40(47-39)27-17-19-29-28-10-2-5-13-35(28)46(37(29)23-27)36-21-20-32-30-11-3-8-16-42(30)49-45(32)44(36)34-25-43-33(24-38(34)46)31-12-4-7-15-41(31)48-43/h1-38H;1-25H. The second kappa shape index (κ2) is 23.6. The van der Waals surface area contributed by atoms with Crippen molar-refractivity contribution in [2.45, 2.75) is 10.8 Å². The first kappa shape index (κ1) is 63.3. The highest BCUT2D eigenvalue weighted by Gasteiger charge is 2.55. The van der Waals surface area contributed by atoms with Gasteiger partial charge in [0.1, 0.15) is 28.1 Å². The lowest BCUT2D eigenvalue weighted by atomic mass is 9.70. The minimum absolute atomic E-state index is 0.566. The number of fused-ring (bicyclic) bond motifs is 37. The Kier molecular flexibility index (Phi) is 12.9. The molecule has 536 valence electrons. The molecule has 6 heterocycles. The van der Waals surface area contributed by atoms with E-state index >= 15 is 0 Å². The molecule has 27 rings (SSSR count). The van der Waals surface area contributed by atoms with Crippen LogP contribution < -0.4 is 0 Å². The van der Waals surface area contributed by atoms with Crippen LogP contribution in [0.1, 0.15) is 44.5 Å². The van der Waals surface area contributed by atoms with Crippen molar-refractivity contribution in [1.29, 1.82) is 0 Å². The number of hydrogen-bond acceptors (Lipinski definition) is 5. The third-order valence-electron chi connectivity index (χ3n) is 25.8. The number of benzene rings is 17. The molecule has 116 heavy (non-hydrogen) atoms. The lowest BCUT2D eigenvalue weighted by molar-refractivity contribution is 0.668. The Morgan fingerprint density at radius 3 is 1.47 bits per heavy atom. The Morgan fingerprint density at radius 2 is 0.759 bits per heavy atom. The quantitative estimate of drug-likeness (QED) is 0.172. The fraction of sp³-hybridized carbons (Fsp3) is 0.0183. The maximum absolute atomic E-state index is 6.80. The minimum Gasteiger partial charge on any atom is -0.456 e. The third-order valence-corrected chi connectivity index (χ3v) is 25.8. The SMILES string of the molecule is c1ccc(-c2cc(-n3c4ccccc4c4ccc5c(c43)-c3ccccc3C53c4ccccc4-c4c3ccc3c5ccccc5n(-c5ccc6ccccc6c5)c43)nc(-c3ccccc3)n2)cc1.c1ccc2c(c1)-c1ccc(-c3ccc4ccccc4n3)cc1C21c2cc3c(cc2-c2c1ccc1c2oc2ccccc21)oc1ccccc13. The second-order valence-corrected chi connectivity index (χ2v) is 31.4. The molecule has 2 atom stereocenters. The van der Waals surface area contributed by atoms with E-state index < -0.39 is 10.8 Å². The topological polar surface area (TPSA) is 74.8 Å². The van der Waals surface area contributed by atoms with Gasteiger partial charge in [-0.3, -0.25) is 4.57 Å². The molecule has 0 amide bonds. The highest BCUT2D eigenvalue weighted by molar-refractivity contribution is 6.21. The van der Waals surface area contributed by atoms with Gasteiger partial charge in [0, 0.05) is 93.6 Å². The first-order valence-electron chi connectivity index (χ1n) is 39.9. The second-order valence-electron chi connectivity index (χ2n) is 31.4. The summed E-state index contributed by atoms with van der Waals surface area (Å²) in [6, 6.07) is 139. The lowest BCUT2D eigenvalue weighted by Crippen LogP contribution is -2.26. The molecule has 0 saturated carbocycles. The van der Waals surface area contributed by atoms with Crippen molar-refractivity contribution >= 4 is 109 Å². The van der Waals surface area contributed by atoms with Crippen LogP contribution in [0.5, 0.6) is 0 Å². The molecule has 0 N–H and O–H groups in total. The van der Waals surface area contributed by atoms with E-state index in [0.717, 1.165) is 117 Å². The Labute approximate surface area is 665 Å².